The van der Waals surface area contributed by atoms with Gasteiger partial charge in [0.1, 0.15) is 0 Å². The van der Waals surface area contributed by atoms with Gasteiger partial charge in [-0.25, -0.2) is 0 Å². The van der Waals surface area contributed by atoms with E-state index in [0.29, 0.717) is 12.6 Å². The summed E-state index contributed by atoms with van der Waals surface area (Å²) < 4.78 is 0.977. The van der Waals surface area contributed by atoms with Crippen molar-refractivity contribution in [3.05, 3.63) is 28.7 Å². The first-order valence-electron chi connectivity index (χ1n) is 7.63. The minimum atomic E-state index is 0.0736. The Morgan fingerprint density at radius 1 is 1.43 bits per heavy atom. The Bertz CT molecular complexity index is 467. The van der Waals surface area contributed by atoms with E-state index in [-0.39, 0.29) is 5.91 Å². The number of halogens is 1. The fourth-order valence-electron chi connectivity index (χ4n) is 2.86. The summed E-state index contributed by atoms with van der Waals surface area (Å²) in [6.45, 7) is 2.52. The van der Waals surface area contributed by atoms with Crippen molar-refractivity contribution in [2.45, 2.75) is 31.7 Å². The zero-order valence-corrected chi connectivity index (χ0v) is 14.2. The van der Waals surface area contributed by atoms with E-state index < -0.39 is 0 Å². The number of likely N-dealkylation sites (tertiary alicyclic amines) is 1. The monoisotopic (exact) mass is 353 g/mol. The van der Waals surface area contributed by atoms with Crippen molar-refractivity contribution in [2.24, 2.45) is 0 Å². The standard InChI is InChI=1S/C16H24BrN3O/c1-18-9-8-15-7-2-3-10-20(15)12-16(21)19-14-6-4-5-13(17)11-14/h4-6,11,15,18H,2-3,7-10,12H2,1H3,(H,19,21). The van der Waals surface area contributed by atoms with Crippen LogP contribution in [0.2, 0.25) is 0 Å². The van der Waals surface area contributed by atoms with Crippen LogP contribution in [-0.4, -0.2) is 43.5 Å². The van der Waals surface area contributed by atoms with Crippen LogP contribution < -0.4 is 10.6 Å². The Kier molecular flexibility index (Phi) is 6.67. The van der Waals surface area contributed by atoms with Crippen molar-refractivity contribution in [3.8, 4) is 0 Å². The number of nitrogens with zero attached hydrogens (tertiary/aromatic N) is 1. The van der Waals surface area contributed by atoms with Gasteiger partial charge in [-0.15, -0.1) is 0 Å². The highest BCUT2D eigenvalue weighted by molar-refractivity contribution is 9.10. The molecule has 0 aliphatic carbocycles. The third-order valence-corrected chi connectivity index (χ3v) is 4.42. The second-order valence-electron chi connectivity index (χ2n) is 5.57. The van der Waals surface area contributed by atoms with Crippen LogP contribution in [0.4, 0.5) is 5.69 Å². The maximum absolute atomic E-state index is 12.2. The molecule has 1 heterocycles. The molecule has 5 heteroatoms. The molecule has 1 amide bonds. The summed E-state index contributed by atoms with van der Waals surface area (Å²) in [5, 5.41) is 6.18. The molecular formula is C16H24BrN3O. The van der Waals surface area contributed by atoms with Crippen molar-refractivity contribution in [3.63, 3.8) is 0 Å². The molecule has 0 bridgehead atoms. The molecule has 0 aromatic heterocycles. The number of carbonyl (C=O) groups excluding carboxylic acids is 1. The molecule has 1 aliphatic rings. The normalized spacial score (nSPS) is 19.4. The second kappa shape index (κ2) is 8.51. The number of carbonyl (C=O) groups is 1. The van der Waals surface area contributed by atoms with Crippen LogP contribution in [0, 0.1) is 0 Å². The van der Waals surface area contributed by atoms with Crippen LogP contribution >= 0.6 is 15.9 Å². The predicted molar refractivity (Wildman–Crippen MR) is 90.5 cm³/mol. The largest absolute Gasteiger partial charge is 0.325 e. The number of hydrogen-bond donors (Lipinski definition) is 2. The van der Waals surface area contributed by atoms with E-state index in [1.807, 2.05) is 31.3 Å². The van der Waals surface area contributed by atoms with Gasteiger partial charge >= 0.3 is 0 Å². The second-order valence-corrected chi connectivity index (χ2v) is 6.49. The van der Waals surface area contributed by atoms with E-state index in [9.17, 15) is 4.79 Å². The lowest BCUT2D eigenvalue weighted by Gasteiger charge is -2.35. The van der Waals surface area contributed by atoms with Gasteiger partial charge in [0.05, 0.1) is 6.54 Å². The molecule has 21 heavy (non-hydrogen) atoms. The summed E-state index contributed by atoms with van der Waals surface area (Å²) in [4.78, 5) is 14.6. The fourth-order valence-corrected chi connectivity index (χ4v) is 3.26. The quantitative estimate of drug-likeness (QED) is 0.826. The van der Waals surface area contributed by atoms with Crippen LogP contribution in [0.15, 0.2) is 28.7 Å². The summed E-state index contributed by atoms with van der Waals surface area (Å²) >= 11 is 3.42. The molecule has 1 aromatic carbocycles. The van der Waals surface area contributed by atoms with Crippen LogP contribution in [0.3, 0.4) is 0 Å². The minimum Gasteiger partial charge on any atom is -0.325 e. The maximum Gasteiger partial charge on any atom is 0.238 e. The molecule has 0 spiro atoms. The Labute approximate surface area is 135 Å². The maximum atomic E-state index is 12.2. The Balaban J connectivity index is 1.87. The first-order valence-corrected chi connectivity index (χ1v) is 8.42. The molecular weight excluding hydrogens is 330 g/mol. The molecule has 2 N–H and O–H groups in total. The van der Waals surface area contributed by atoms with Gasteiger partial charge in [-0.2, -0.15) is 0 Å². The Morgan fingerprint density at radius 3 is 3.05 bits per heavy atom. The Morgan fingerprint density at radius 2 is 2.29 bits per heavy atom. The minimum absolute atomic E-state index is 0.0736. The molecule has 1 atom stereocenters. The predicted octanol–water partition coefficient (Wildman–Crippen LogP) is 2.85. The van der Waals surface area contributed by atoms with Gasteiger partial charge in [0, 0.05) is 16.2 Å². The van der Waals surface area contributed by atoms with Crippen molar-refractivity contribution in [2.75, 3.05) is 32.0 Å². The lowest BCUT2D eigenvalue weighted by Crippen LogP contribution is -2.44. The first kappa shape index (κ1) is 16.5. The SMILES string of the molecule is CNCCC1CCCCN1CC(=O)Nc1cccc(Br)c1. The first-order chi connectivity index (χ1) is 10.2. The number of nitrogens with one attached hydrogen (secondary N) is 2. The topological polar surface area (TPSA) is 44.4 Å². The zero-order valence-electron chi connectivity index (χ0n) is 12.6. The van der Waals surface area contributed by atoms with Gasteiger partial charge in [-0.1, -0.05) is 28.4 Å². The number of rotatable bonds is 6. The van der Waals surface area contributed by atoms with E-state index in [1.165, 1.54) is 19.3 Å². The number of amides is 1. The summed E-state index contributed by atoms with van der Waals surface area (Å²) in [6.07, 6.45) is 4.78. The summed E-state index contributed by atoms with van der Waals surface area (Å²) in [5.41, 5.74) is 0.846. The van der Waals surface area contributed by atoms with E-state index in [0.717, 1.165) is 29.7 Å². The van der Waals surface area contributed by atoms with E-state index >= 15 is 0 Å². The van der Waals surface area contributed by atoms with Crippen LogP contribution in [0.5, 0.6) is 0 Å². The lowest BCUT2D eigenvalue weighted by molar-refractivity contribution is -0.118. The zero-order chi connectivity index (χ0) is 15.1. The molecule has 1 aromatic rings. The van der Waals surface area contributed by atoms with Crippen molar-refractivity contribution < 1.29 is 4.79 Å². The molecule has 1 aliphatic heterocycles. The molecule has 0 radical (unpaired) electrons. The van der Waals surface area contributed by atoms with Gasteiger partial charge in [0.25, 0.3) is 0 Å². The number of hydrogen-bond acceptors (Lipinski definition) is 3. The van der Waals surface area contributed by atoms with Gasteiger partial charge in [-0.3, -0.25) is 9.69 Å². The van der Waals surface area contributed by atoms with E-state index in [2.05, 4.69) is 31.5 Å². The van der Waals surface area contributed by atoms with Gasteiger partial charge < -0.3 is 10.6 Å². The van der Waals surface area contributed by atoms with Crippen molar-refractivity contribution in [1.82, 2.24) is 10.2 Å². The summed E-state index contributed by atoms with van der Waals surface area (Å²) in [7, 11) is 1.98. The molecule has 116 valence electrons. The van der Waals surface area contributed by atoms with Gasteiger partial charge in [-0.05, 0) is 57.6 Å². The van der Waals surface area contributed by atoms with Gasteiger partial charge in [0.2, 0.25) is 5.91 Å². The molecule has 4 nitrogen and oxygen atoms in total. The molecule has 1 saturated heterocycles. The highest BCUT2D eigenvalue weighted by atomic mass is 79.9. The molecule has 1 fully saturated rings. The molecule has 0 saturated carbocycles. The summed E-state index contributed by atoms with van der Waals surface area (Å²) in [5.74, 6) is 0.0736. The van der Waals surface area contributed by atoms with Crippen molar-refractivity contribution >= 4 is 27.5 Å². The summed E-state index contributed by atoms with van der Waals surface area (Å²) in [6, 6.07) is 8.24. The molecule has 1 unspecified atom stereocenters. The average molecular weight is 354 g/mol. The van der Waals surface area contributed by atoms with Crippen molar-refractivity contribution in [1.29, 1.82) is 0 Å². The van der Waals surface area contributed by atoms with Crippen LogP contribution in [-0.2, 0) is 4.79 Å². The lowest BCUT2D eigenvalue weighted by atomic mass is 9.99. The third kappa shape index (κ3) is 5.41. The smallest absolute Gasteiger partial charge is 0.238 e. The Hall–Kier alpha value is -0.910. The highest BCUT2D eigenvalue weighted by Crippen LogP contribution is 2.20. The number of anilines is 1. The van der Waals surface area contributed by atoms with Crippen LogP contribution in [0.1, 0.15) is 25.7 Å². The highest BCUT2D eigenvalue weighted by Gasteiger charge is 2.23. The van der Waals surface area contributed by atoms with E-state index in [4.69, 9.17) is 0 Å². The van der Waals surface area contributed by atoms with E-state index in [1.54, 1.807) is 0 Å². The number of benzene rings is 1. The third-order valence-electron chi connectivity index (χ3n) is 3.93. The fraction of sp³-hybridized carbons (Fsp3) is 0.562. The molecule has 2 rings (SSSR count). The number of piperidine rings is 1. The average Bonchev–Trinajstić information content (AvgIpc) is 2.46. The van der Waals surface area contributed by atoms with Gasteiger partial charge in [0.15, 0.2) is 0 Å². The van der Waals surface area contributed by atoms with Crippen LogP contribution in [0.25, 0.3) is 0 Å².